The van der Waals surface area contributed by atoms with E-state index in [2.05, 4.69) is 41.0 Å². The molecule has 4 aromatic rings. The summed E-state index contributed by atoms with van der Waals surface area (Å²) in [7, 11) is 1.76. The minimum atomic E-state index is -0.129. The summed E-state index contributed by atoms with van der Waals surface area (Å²) in [4.78, 5) is 46.2. The van der Waals surface area contributed by atoms with Gasteiger partial charge in [-0.3, -0.25) is 9.47 Å². The maximum atomic E-state index is 13.4. The fourth-order valence-corrected chi connectivity index (χ4v) is 5.63. The van der Waals surface area contributed by atoms with Crippen LogP contribution in [0.3, 0.4) is 0 Å². The maximum absolute atomic E-state index is 13.4. The quantitative estimate of drug-likeness (QED) is 0.300. The van der Waals surface area contributed by atoms with E-state index >= 15 is 0 Å². The summed E-state index contributed by atoms with van der Waals surface area (Å²) in [5.74, 6) is 1.29. The van der Waals surface area contributed by atoms with Crippen LogP contribution in [0.25, 0.3) is 16.9 Å². The second-order valence-electron chi connectivity index (χ2n) is 10.7. The van der Waals surface area contributed by atoms with E-state index in [4.69, 9.17) is 4.98 Å². The smallest absolute Gasteiger partial charge is 0.334 e. The number of likely N-dealkylation sites (tertiary alicyclic amines) is 1. The largest absolute Gasteiger partial charge is 0.365 e. The number of urea groups is 1. The molecule has 11 heteroatoms. The van der Waals surface area contributed by atoms with E-state index in [1.165, 1.54) is 0 Å². The lowest BCUT2D eigenvalue weighted by atomic mass is 10.1. The Balaban J connectivity index is 1.39. The molecule has 1 saturated heterocycles. The van der Waals surface area contributed by atoms with Crippen LogP contribution in [0.5, 0.6) is 0 Å². The lowest BCUT2D eigenvalue weighted by molar-refractivity contribution is 0.216. The molecule has 1 unspecified atom stereocenters. The summed E-state index contributed by atoms with van der Waals surface area (Å²) in [6, 6.07) is 11.7. The van der Waals surface area contributed by atoms with Crippen LogP contribution < -0.4 is 20.8 Å². The molecule has 222 valence electrons. The number of fused-ring (bicyclic) bond motifs is 1. The first kappa shape index (κ1) is 29.1. The number of aromatic nitrogens is 5. The van der Waals surface area contributed by atoms with Crippen LogP contribution in [-0.2, 0) is 13.5 Å². The normalized spacial score (nSPS) is 13.9. The molecular formula is C31H41N9O2. The van der Waals surface area contributed by atoms with Crippen molar-refractivity contribution in [3.8, 4) is 5.69 Å². The number of aryl methyl sites for hydroxylation is 1. The van der Waals surface area contributed by atoms with Crippen LogP contribution in [0.1, 0.15) is 46.1 Å². The van der Waals surface area contributed by atoms with Gasteiger partial charge in [0.2, 0.25) is 5.95 Å². The van der Waals surface area contributed by atoms with Crippen molar-refractivity contribution < 1.29 is 4.79 Å². The molecule has 1 atom stereocenters. The predicted molar refractivity (Wildman–Crippen MR) is 168 cm³/mol. The Morgan fingerprint density at radius 1 is 1.02 bits per heavy atom. The van der Waals surface area contributed by atoms with Gasteiger partial charge in [-0.25, -0.2) is 24.1 Å². The number of benzene rings is 1. The Morgan fingerprint density at radius 2 is 1.74 bits per heavy atom. The summed E-state index contributed by atoms with van der Waals surface area (Å²) in [5.41, 5.74) is 3.87. The summed E-state index contributed by atoms with van der Waals surface area (Å²) < 4.78 is 3.25. The molecule has 2 amide bonds. The highest BCUT2D eigenvalue weighted by Gasteiger charge is 2.27. The Hall–Kier alpha value is -4.41. The first-order chi connectivity index (χ1) is 20.4. The number of carbonyl (C=O) groups is 1. The van der Waals surface area contributed by atoms with Gasteiger partial charge in [0.05, 0.1) is 17.4 Å². The zero-order chi connectivity index (χ0) is 29.8. The van der Waals surface area contributed by atoms with Gasteiger partial charge < -0.3 is 15.1 Å². The number of carbonyl (C=O) groups excluding carboxylic acids is 1. The molecule has 0 aliphatic carbocycles. The van der Waals surface area contributed by atoms with Gasteiger partial charge >= 0.3 is 11.7 Å². The number of amides is 2. The molecule has 0 bridgehead atoms. The van der Waals surface area contributed by atoms with E-state index in [0.717, 1.165) is 62.2 Å². The zero-order valence-electron chi connectivity index (χ0n) is 25.2. The number of anilines is 3. The summed E-state index contributed by atoms with van der Waals surface area (Å²) in [6.45, 7) is 11.9. The first-order valence-electron chi connectivity index (χ1n) is 14.9. The van der Waals surface area contributed by atoms with Gasteiger partial charge in [-0.15, -0.1) is 0 Å². The molecule has 1 aromatic carbocycles. The Morgan fingerprint density at radius 3 is 2.40 bits per heavy atom. The van der Waals surface area contributed by atoms with Gasteiger partial charge in [0.25, 0.3) is 0 Å². The van der Waals surface area contributed by atoms with Crippen LogP contribution in [0.15, 0.2) is 53.6 Å². The Bertz CT molecular complexity index is 1580. The van der Waals surface area contributed by atoms with E-state index in [1.807, 2.05) is 48.2 Å². The molecule has 11 nitrogen and oxygen atoms in total. The Labute approximate surface area is 246 Å². The standard InChI is InChI=1S/C31H41N9O2/c1-6-37(7-2)29-33-21-26(39(8-3)31(42)38-18-9-10-19-38)27(35-29)34-22(4)20-23-13-15-24(16-14-23)40-28-25(12-11-17-32-28)36(5)30(40)41/h11-17,21-22H,6-10,18-20H2,1-5H3,(H,33,34,35). The topological polar surface area (TPSA) is 104 Å². The van der Waals surface area contributed by atoms with Crippen molar-refractivity contribution in [2.45, 2.75) is 53.0 Å². The molecule has 1 fully saturated rings. The average molecular weight is 572 g/mol. The lowest BCUT2D eigenvalue weighted by Gasteiger charge is -2.29. The molecular weight excluding hydrogens is 530 g/mol. The fraction of sp³-hybridized carbons (Fsp3) is 0.452. The molecule has 3 aromatic heterocycles. The molecule has 1 aliphatic heterocycles. The molecule has 1 aliphatic rings. The van der Waals surface area contributed by atoms with Crippen molar-refractivity contribution in [3.05, 3.63) is 64.8 Å². The molecule has 0 radical (unpaired) electrons. The van der Waals surface area contributed by atoms with Gasteiger partial charge in [0.1, 0.15) is 5.69 Å². The predicted octanol–water partition coefficient (Wildman–Crippen LogP) is 4.45. The highest BCUT2D eigenvalue weighted by Crippen LogP contribution is 2.28. The van der Waals surface area contributed by atoms with Crippen molar-refractivity contribution in [2.75, 3.05) is 47.8 Å². The van der Waals surface area contributed by atoms with Crippen molar-refractivity contribution in [2.24, 2.45) is 7.05 Å². The number of hydrogen-bond acceptors (Lipinski definition) is 7. The number of imidazole rings is 1. The molecule has 4 heterocycles. The van der Waals surface area contributed by atoms with Gasteiger partial charge in [0.15, 0.2) is 11.5 Å². The average Bonchev–Trinajstić information content (AvgIpc) is 3.63. The highest BCUT2D eigenvalue weighted by atomic mass is 16.2. The number of hydrogen-bond donors (Lipinski definition) is 1. The van der Waals surface area contributed by atoms with Crippen LogP contribution in [-0.4, -0.2) is 73.8 Å². The van der Waals surface area contributed by atoms with Gasteiger partial charge in [-0.05, 0) is 76.8 Å². The molecule has 5 rings (SSSR count). The van der Waals surface area contributed by atoms with Gasteiger partial charge in [-0.1, -0.05) is 12.1 Å². The number of nitrogens with zero attached hydrogens (tertiary/aromatic N) is 8. The van der Waals surface area contributed by atoms with E-state index in [-0.39, 0.29) is 17.8 Å². The SMILES string of the molecule is CCN(CC)c1ncc(N(CC)C(=O)N2CCCC2)c(NC(C)Cc2ccc(-n3c(=O)n(C)c4cccnc43)cc2)n1. The van der Waals surface area contributed by atoms with E-state index in [1.54, 1.807) is 33.5 Å². The van der Waals surface area contributed by atoms with E-state index in [9.17, 15) is 9.59 Å². The van der Waals surface area contributed by atoms with Crippen LogP contribution >= 0.6 is 0 Å². The number of nitrogens with one attached hydrogen (secondary N) is 1. The van der Waals surface area contributed by atoms with Crippen LogP contribution in [0.4, 0.5) is 22.2 Å². The minimum Gasteiger partial charge on any atom is -0.365 e. The first-order valence-corrected chi connectivity index (χ1v) is 14.9. The van der Waals surface area contributed by atoms with Gasteiger partial charge in [0, 0.05) is 52.0 Å². The van der Waals surface area contributed by atoms with Crippen LogP contribution in [0, 0.1) is 0 Å². The monoisotopic (exact) mass is 571 g/mol. The molecule has 1 N–H and O–H groups in total. The lowest BCUT2D eigenvalue weighted by Crippen LogP contribution is -2.42. The van der Waals surface area contributed by atoms with E-state index in [0.29, 0.717) is 29.6 Å². The molecule has 0 spiro atoms. The van der Waals surface area contributed by atoms with Crippen molar-refractivity contribution in [1.82, 2.24) is 29.0 Å². The van der Waals surface area contributed by atoms with Crippen LogP contribution in [0.2, 0.25) is 0 Å². The highest BCUT2D eigenvalue weighted by molar-refractivity contribution is 5.95. The minimum absolute atomic E-state index is 0.00125. The summed E-state index contributed by atoms with van der Waals surface area (Å²) >= 11 is 0. The second-order valence-corrected chi connectivity index (χ2v) is 10.7. The summed E-state index contributed by atoms with van der Waals surface area (Å²) in [5, 5.41) is 3.59. The van der Waals surface area contributed by atoms with Crippen molar-refractivity contribution >= 4 is 34.6 Å². The maximum Gasteiger partial charge on any atom is 0.334 e. The van der Waals surface area contributed by atoms with Crippen molar-refractivity contribution in [3.63, 3.8) is 0 Å². The Kier molecular flexibility index (Phi) is 8.75. The number of pyridine rings is 1. The third-order valence-corrected chi connectivity index (χ3v) is 7.95. The summed E-state index contributed by atoms with van der Waals surface area (Å²) in [6.07, 6.45) is 6.27. The van der Waals surface area contributed by atoms with Gasteiger partial charge in [-0.2, -0.15) is 4.98 Å². The van der Waals surface area contributed by atoms with Crippen molar-refractivity contribution in [1.29, 1.82) is 0 Å². The number of rotatable bonds is 10. The third kappa shape index (κ3) is 5.68. The zero-order valence-corrected chi connectivity index (χ0v) is 25.2. The third-order valence-electron chi connectivity index (χ3n) is 7.95. The second kappa shape index (κ2) is 12.6. The molecule has 0 saturated carbocycles. The molecule has 42 heavy (non-hydrogen) atoms. The fourth-order valence-electron chi connectivity index (χ4n) is 5.63. The van der Waals surface area contributed by atoms with E-state index < -0.39 is 0 Å².